The topological polar surface area (TPSA) is 114 Å². The number of nitrogens with one attached hydrogen (secondary N) is 1. The number of nitrogens with zero attached hydrogens (tertiary/aromatic N) is 2. The van der Waals surface area contributed by atoms with Gasteiger partial charge in [-0.2, -0.15) is 5.26 Å². The van der Waals surface area contributed by atoms with Crippen LogP contribution in [0.4, 0.5) is 11.4 Å². The zero-order valence-electron chi connectivity index (χ0n) is 17.4. The minimum Gasteiger partial charge on any atom is -0.493 e. The van der Waals surface area contributed by atoms with Crippen molar-refractivity contribution in [2.45, 2.75) is 6.61 Å². The number of hydrogen-bond donors (Lipinski definition) is 1. The first-order chi connectivity index (χ1) is 15.9. The Morgan fingerprint density at radius 3 is 2.55 bits per heavy atom. The van der Waals surface area contributed by atoms with Gasteiger partial charge in [0, 0.05) is 12.1 Å². The molecule has 1 N–H and O–H groups in total. The lowest BCUT2D eigenvalue weighted by Crippen LogP contribution is -2.13. The largest absolute Gasteiger partial charge is 0.493 e. The van der Waals surface area contributed by atoms with Crippen LogP contribution in [0.15, 0.2) is 72.3 Å². The molecule has 0 aliphatic rings. The molecule has 3 aromatic rings. The number of anilines is 1. The lowest BCUT2D eigenvalue weighted by Gasteiger charge is -2.12. The molecule has 3 aromatic carbocycles. The fraction of sp³-hybridized carbons (Fsp3) is 0.0833. The Labute approximate surface area is 194 Å². The van der Waals surface area contributed by atoms with Crippen molar-refractivity contribution >= 4 is 35.0 Å². The molecular formula is C24H18ClN3O5. The zero-order chi connectivity index (χ0) is 23.8. The Morgan fingerprint density at radius 2 is 1.91 bits per heavy atom. The second-order valence-corrected chi connectivity index (χ2v) is 7.14. The summed E-state index contributed by atoms with van der Waals surface area (Å²) in [5, 5.41) is 22.7. The fourth-order valence-corrected chi connectivity index (χ4v) is 3.07. The molecule has 0 bridgehead atoms. The van der Waals surface area contributed by atoms with Gasteiger partial charge in [0.05, 0.1) is 22.7 Å². The number of carbonyl (C=O) groups excluding carboxylic acids is 1. The average molecular weight is 464 g/mol. The van der Waals surface area contributed by atoms with Crippen molar-refractivity contribution in [3.63, 3.8) is 0 Å². The molecule has 9 heteroatoms. The van der Waals surface area contributed by atoms with Crippen LogP contribution < -0.4 is 14.8 Å². The summed E-state index contributed by atoms with van der Waals surface area (Å²) >= 11 is 6.00. The molecule has 0 atom stereocenters. The van der Waals surface area contributed by atoms with Gasteiger partial charge in [-0.1, -0.05) is 48.0 Å². The van der Waals surface area contributed by atoms with Crippen molar-refractivity contribution in [2.75, 3.05) is 12.4 Å². The molecule has 0 heterocycles. The highest BCUT2D eigenvalue weighted by Crippen LogP contribution is 2.30. The van der Waals surface area contributed by atoms with E-state index >= 15 is 0 Å². The molecule has 3 rings (SSSR count). The molecule has 0 radical (unpaired) electrons. The molecule has 166 valence electrons. The highest BCUT2D eigenvalue weighted by Gasteiger charge is 2.15. The van der Waals surface area contributed by atoms with Gasteiger partial charge in [0.15, 0.2) is 11.5 Å². The predicted molar refractivity (Wildman–Crippen MR) is 124 cm³/mol. The van der Waals surface area contributed by atoms with E-state index in [0.29, 0.717) is 23.7 Å². The lowest BCUT2D eigenvalue weighted by atomic mass is 10.1. The van der Waals surface area contributed by atoms with Crippen molar-refractivity contribution in [2.24, 2.45) is 0 Å². The molecule has 0 unspecified atom stereocenters. The van der Waals surface area contributed by atoms with Crippen LogP contribution in [-0.2, 0) is 11.4 Å². The van der Waals surface area contributed by atoms with Gasteiger partial charge in [0.25, 0.3) is 11.6 Å². The highest BCUT2D eigenvalue weighted by atomic mass is 35.5. The number of amides is 1. The molecule has 8 nitrogen and oxygen atoms in total. The quantitative estimate of drug-likeness (QED) is 0.207. The summed E-state index contributed by atoms with van der Waals surface area (Å²) in [4.78, 5) is 22.8. The Kier molecular flexibility index (Phi) is 7.63. The lowest BCUT2D eigenvalue weighted by molar-refractivity contribution is -0.384. The highest BCUT2D eigenvalue weighted by molar-refractivity contribution is 6.34. The van der Waals surface area contributed by atoms with E-state index < -0.39 is 10.8 Å². The summed E-state index contributed by atoms with van der Waals surface area (Å²) in [6.45, 7) is 0.355. The van der Waals surface area contributed by atoms with E-state index in [9.17, 15) is 20.2 Å². The average Bonchev–Trinajstić information content (AvgIpc) is 2.83. The third kappa shape index (κ3) is 6.09. The van der Waals surface area contributed by atoms with Gasteiger partial charge in [0.2, 0.25) is 0 Å². The number of methoxy groups -OCH3 is 1. The Hall–Kier alpha value is -4.35. The number of carbonyl (C=O) groups is 1. The van der Waals surface area contributed by atoms with E-state index in [2.05, 4.69) is 5.32 Å². The van der Waals surface area contributed by atoms with Crippen LogP contribution in [-0.4, -0.2) is 17.9 Å². The van der Waals surface area contributed by atoms with Gasteiger partial charge in [-0.3, -0.25) is 14.9 Å². The number of nitriles is 1. The molecule has 0 saturated heterocycles. The number of non-ortho nitro benzene ring substituents is 1. The first-order valence-corrected chi connectivity index (χ1v) is 10.0. The third-order valence-corrected chi connectivity index (χ3v) is 4.83. The van der Waals surface area contributed by atoms with Crippen molar-refractivity contribution in [3.05, 3.63) is 98.6 Å². The minimum absolute atomic E-state index is 0.0172. The number of rotatable bonds is 8. The normalized spacial score (nSPS) is 10.8. The van der Waals surface area contributed by atoms with Gasteiger partial charge in [-0.25, -0.2) is 0 Å². The van der Waals surface area contributed by atoms with Crippen LogP contribution in [0.3, 0.4) is 0 Å². The molecule has 0 spiro atoms. The summed E-state index contributed by atoms with van der Waals surface area (Å²) in [5.41, 5.74) is 1.29. The molecular weight excluding hydrogens is 446 g/mol. The molecule has 0 aromatic heterocycles. The minimum atomic E-state index is -0.711. The maximum absolute atomic E-state index is 12.5. The van der Waals surface area contributed by atoms with Crippen LogP contribution in [0.2, 0.25) is 5.02 Å². The Morgan fingerprint density at radius 1 is 1.15 bits per heavy atom. The molecule has 0 aliphatic heterocycles. The number of ether oxygens (including phenoxy) is 2. The number of nitro benzene ring substituents is 1. The van der Waals surface area contributed by atoms with Crippen molar-refractivity contribution < 1.29 is 19.2 Å². The zero-order valence-corrected chi connectivity index (χ0v) is 18.2. The summed E-state index contributed by atoms with van der Waals surface area (Å²) in [6, 6.07) is 20.1. The maximum Gasteiger partial charge on any atom is 0.271 e. The van der Waals surface area contributed by atoms with E-state index in [1.165, 1.54) is 25.3 Å². The fourth-order valence-electron chi connectivity index (χ4n) is 2.85. The van der Waals surface area contributed by atoms with E-state index in [1.54, 1.807) is 18.2 Å². The van der Waals surface area contributed by atoms with E-state index in [4.69, 9.17) is 21.1 Å². The van der Waals surface area contributed by atoms with Gasteiger partial charge in [-0.05, 0) is 35.4 Å². The van der Waals surface area contributed by atoms with Gasteiger partial charge in [-0.15, -0.1) is 0 Å². The van der Waals surface area contributed by atoms with Crippen LogP contribution >= 0.6 is 11.6 Å². The summed E-state index contributed by atoms with van der Waals surface area (Å²) < 4.78 is 11.2. The maximum atomic E-state index is 12.5. The van der Waals surface area contributed by atoms with Crippen LogP contribution in [0.5, 0.6) is 11.5 Å². The van der Waals surface area contributed by atoms with Gasteiger partial charge < -0.3 is 14.8 Å². The van der Waals surface area contributed by atoms with Crippen molar-refractivity contribution in [3.8, 4) is 17.6 Å². The summed E-state index contributed by atoms with van der Waals surface area (Å²) in [7, 11) is 1.49. The molecule has 0 fully saturated rings. The van der Waals surface area contributed by atoms with E-state index in [1.807, 2.05) is 36.4 Å². The van der Waals surface area contributed by atoms with E-state index in [-0.39, 0.29) is 22.0 Å². The SMILES string of the molecule is COc1cc(C=C(C#N)C(=O)Nc2ccc([N+](=O)[O-])cc2Cl)ccc1OCc1ccccc1. The third-order valence-electron chi connectivity index (χ3n) is 4.51. The molecule has 1 amide bonds. The first kappa shape index (κ1) is 23.3. The molecule has 33 heavy (non-hydrogen) atoms. The second kappa shape index (κ2) is 10.8. The van der Waals surface area contributed by atoms with Gasteiger partial charge in [0.1, 0.15) is 18.2 Å². The van der Waals surface area contributed by atoms with Crippen LogP contribution in [0.25, 0.3) is 6.08 Å². The number of halogens is 1. The van der Waals surface area contributed by atoms with E-state index in [0.717, 1.165) is 11.6 Å². The monoisotopic (exact) mass is 463 g/mol. The predicted octanol–water partition coefficient (Wildman–Crippen LogP) is 5.38. The Balaban J connectivity index is 1.76. The van der Waals surface area contributed by atoms with Gasteiger partial charge >= 0.3 is 0 Å². The second-order valence-electron chi connectivity index (χ2n) is 6.73. The molecule has 0 saturated carbocycles. The summed E-state index contributed by atoms with van der Waals surface area (Å²) in [5.74, 6) is 0.242. The summed E-state index contributed by atoms with van der Waals surface area (Å²) in [6.07, 6.45) is 1.39. The van der Waals surface area contributed by atoms with Crippen LogP contribution in [0, 0.1) is 21.4 Å². The van der Waals surface area contributed by atoms with Crippen LogP contribution in [0.1, 0.15) is 11.1 Å². The number of nitro groups is 1. The molecule has 0 aliphatic carbocycles. The Bertz CT molecular complexity index is 1250. The number of hydrogen-bond acceptors (Lipinski definition) is 6. The smallest absolute Gasteiger partial charge is 0.271 e. The van der Waals surface area contributed by atoms with Crippen molar-refractivity contribution in [1.82, 2.24) is 0 Å². The number of benzene rings is 3. The first-order valence-electron chi connectivity index (χ1n) is 9.63. The standard InChI is InChI=1S/C24H18ClN3O5/c1-32-23-12-17(7-10-22(23)33-15-16-5-3-2-4-6-16)11-18(14-26)24(29)27-21-9-8-19(28(30)31)13-20(21)25/h2-13H,15H2,1H3,(H,27,29). The van der Waals surface area contributed by atoms with Crippen molar-refractivity contribution in [1.29, 1.82) is 5.26 Å².